The number of benzene rings is 2. The van der Waals surface area contributed by atoms with Crippen molar-refractivity contribution in [2.24, 2.45) is 0 Å². The molecule has 2 aromatic rings. The number of nitrogens with one attached hydrogen (secondary N) is 2. The molecule has 4 rings (SSSR count). The van der Waals surface area contributed by atoms with Crippen molar-refractivity contribution in [2.75, 3.05) is 25.6 Å². The summed E-state index contributed by atoms with van der Waals surface area (Å²) in [6, 6.07) is 11.8. The van der Waals surface area contributed by atoms with E-state index in [1.165, 1.54) is 7.11 Å². The number of carbonyl (C=O) groups excluding carboxylic acids is 4. The Bertz CT molecular complexity index is 1110. The smallest absolute Gasteiger partial charge is 0.343 e. The number of hydrogen-bond acceptors (Lipinski definition) is 6. The van der Waals surface area contributed by atoms with Crippen molar-refractivity contribution in [2.45, 2.75) is 25.3 Å². The van der Waals surface area contributed by atoms with Crippen LogP contribution in [-0.4, -0.2) is 49.0 Å². The maximum atomic E-state index is 13.2. The van der Waals surface area contributed by atoms with Crippen molar-refractivity contribution in [3.63, 3.8) is 0 Å². The van der Waals surface area contributed by atoms with Gasteiger partial charge in [0.1, 0.15) is 17.8 Å². The predicted molar refractivity (Wildman–Crippen MR) is 114 cm³/mol. The van der Waals surface area contributed by atoms with Crippen LogP contribution in [0.1, 0.15) is 23.1 Å². The van der Waals surface area contributed by atoms with Crippen LogP contribution in [0.4, 0.5) is 10.5 Å². The zero-order valence-corrected chi connectivity index (χ0v) is 17.8. The van der Waals surface area contributed by atoms with Crippen molar-refractivity contribution in [3.05, 3.63) is 59.2 Å². The van der Waals surface area contributed by atoms with E-state index in [-0.39, 0.29) is 6.61 Å². The molecule has 1 fully saturated rings. The molecular formula is C23H23N3O6. The molecule has 2 aromatic carbocycles. The minimum atomic E-state index is -1.09. The Balaban J connectivity index is 1.42. The van der Waals surface area contributed by atoms with Gasteiger partial charge in [0.25, 0.3) is 5.91 Å². The molecule has 0 aromatic heterocycles. The molecule has 1 heterocycles. The maximum Gasteiger partial charge on any atom is 0.343 e. The molecule has 1 aliphatic heterocycles. The molecule has 0 radical (unpaired) electrons. The van der Waals surface area contributed by atoms with Gasteiger partial charge in [0, 0.05) is 5.69 Å². The number of methoxy groups -OCH3 is 1. The second-order valence-corrected chi connectivity index (χ2v) is 7.77. The fourth-order valence-electron chi connectivity index (χ4n) is 4.13. The van der Waals surface area contributed by atoms with Gasteiger partial charge in [-0.25, -0.2) is 9.59 Å². The summed E-state index contributed by atoms with van der Waals surface area (Å²) in [5, 5.41) is 5.52. The zero-order valence-electron chi connectivity index (χ0n) is 17.8. The Morgan fingerprint density at radius 2 is 1.97 bits per heavy atom. The van der Waals surface area contributed by atoms with E-state index in [0.29, 0.717) is 29.8 Å². The average Bonchev–Trinajstić information content (AvgIpc) is 3.27. The lowest BCUT2D eigenvalue weighted by atomic mass is 9.92. The summed E-state index contributed by atoms with van der Waals surface area (Å²) in [4.78, 5) is 50.5. The minimum Gasteiger partial charge on any atom is -0.482 e. The first-order chi connectivity index (χ1) is 15.3. The molecule has 1 atom stereocenters. The van der Waals surface area contributed by atoms with Gasteiger partial charge in [0.05, 0.1) is 7.11 Å². The summed E-state index contributed by atoms with van der Waals surface area (Å²) < 4.78 is 9.85. The molecule has 1 aliphatic carbocycles. The normalized spacial score (nSPS) is 19.0. The van der Waals surface area contributed by atoms with Gasteiger partial charge >= 0.3 is 12.0 Å². The molecule has 2 aliphatic rings. The molecule has 0 saturated carbocycles. The monoisotopic (exact) mass is 437 g/mol. The number of urea groups is 1. The highest BCUT2D eigenvalue weighted by Gasteiger charge is 2.55. The van der Waals surface area contributed by atoms with Crippen LogP contribution < -0.4 is 15.4 Å². The zero-order chi connectivity index (χ0) is 22.9. The highest BCUT2D eigenvalue weighted by atomic mass is 16.6. The SMILES string of the molecule is COC(=O)COc1ccc(NC(=O)CN2C(=O)NC3(CCc4ccccc43)C2=O)c(C)c1. The van der Waals surface area contributed by atoms with Crippen LogP contribution >= 0.6 is 0 Å². The lowest BCUT2D eigenvalue weighted by molar-refractivity contribution is -0.143. The Morgan fingerprint density at radius 3 is 2.72 bits per heavy atom. The molecule has 9 heteroatoms. The van der Waals surface area contributed by atoms with E-state index in [4.69, 9.17) is 4.74 Å². The van der Waals surface area contributed by atoms with Crippen LogP contribution in [0.25, 0.3) is 0 Å². The number of ether oxygens (including phenoxy) is 2. The van der Waals surface area contributed by atoms with Crippen molar-refractivity contribution >= 4 is 29.5 Å². The van der Waals surface area contributed by atoms with E-state index in [1.807, 2.05) is 24.3 Å². The second kappa shape index (κ2) is 8.33. The van der Waals surface area contributed by atoms with Crippen LogP contribution in [0.15, 0.2) is 42.5 Å². The molecule has 1 spiro atoms. The molecule has 2 N–H and O–H groups in total. The van der Waals surface area contributed by atoms with Gasteiger partial charge in [-0.3, -0.25) is 14.5 Å². The first-order valence-electron chi connectivity index (χ1n) is 10.2. The summed E-state index contributed by atoms with van der Waals surface area (Å²) in [6.07, 6.45) is 1.16. The number of amides is 4. The average molecular weight is 437 g/mol. The van der Waals surface area contributed by atoms with Crippen molar-refractivity contribution in [1.82, 2.24) is 10.2 Å². The highest BCUT2D eigenvalue weighted by Crippen LogP contribution is 2.41. The molecule has 0 bridgehead atoms. The minimum absolute atomic E-state index is 0.224. The fourth-order valence-corrected chi connectivity index (χ4v) is 4.13. The van der Waals surface area contributed by atoms with Crippen LogP contribution in [0, 0.1) is 6.92 Å². The Kier molecular flexibility index (Phi) is 5.56. The molecule has 4 amide bonds. The van der Waals surface area contributed by atoms with Crippen molar-refractivity contribution in [1.29, 1.82) is 0 Å². The third kappa shape index (κ3) is 3.77. The van der Waals surface area contributed by atoms with Gasteiger partial charge in [-0.2, -0.15) is 0 Å². The maximum absolute atomic E-state index is 13.2. The van der Waals surface area contributed by atoms with Crippen LogP contribution in [0.3, 0.4) is 0 Å². The molecular weight excluding hydrogens is 414 g/mol. The lowest BCUT2D eigenvalue weighted by Gasteiger charge is -2.22. The third-order valence-electron chi connectivity index (χ3n) is 5.78. The first-order valence-corrected chi connectivity index (χ1v) is 10.2. The summed E-state index contributed by atoms with van der Waals surface area (Å²) in [6.45, 7) is 1.14. The van der Waals surface area contributed by atoms with E-state index in [1.54, 1.807) is 25.1 Å². The van der Waals surface area contributed by atoms with Crippen LogP contribution in [0.2, 0.25) is 0 Å². The van der Waals surface area contributed by atoms with Gasteiger partial charge in [0.2, 0.25) is 5.91 Å². The Morgan fingerprint density at radius 1 is 1.19 bits per heavy atom. The highest BCUT2D eigenvalue weighted by molar-refractivity contribution is 6.11. The van der Waals surface area contributed by atoms with Gasteiger partial charge in [0.15, 0.2) is 6.61 Å². The Labute approximate surface area is 184 Å². The molecule has 1 unspecified atom stereocenters. The summed E-state index contributed by atoms with van der Waals surface area (Å²) in [7, 11) is 1.27. The van der Waals surface area contributed by atoms with E-state index in [2.05, 4.69) is 15.4 Å². The van der Waals surface area contributed by atoms with Gasteiger partial charge in [-0.15, -0.1) is 0 Å². The predicted octanol–water partition coefficient (Wildman–Crippen LogP) is 1.88. The lowest BCUT2D eigenvalue weighted by Crippen LogP contribution is -2.43. The Hall–Kier alpha value is -3.88. The number of hydrogen-bond donors (Lipinski definition) is 2. The quantitative estimate of drug-likeness (QED) is 0.527. The molecule has 9 nitrogen and oxygen atoms in total. The second-order valence-electron chi connectivity index (χ2n) is 7.77. The number of nitrogens with zero attached hydrogens (tertiary/aromatic N) is 1. The number of rotatable bonds is 6. The van der Waals surface area contributed by atoms with E-state index in [9.17, 15) is 19.2 Å². The number of fused-ring (bicyclic) bond motifs is 2. The van der Waals surface area contributed by atoms with Crippen molar-refractivity contribution in [3.8, 4) is 5.75 Å². The van der Waals surface area contributed by atoms with Gasteiger partial charge in [-0.05, 0) is 54.7 Å². The number of imide groups is 1. The van der Waals surface area contributed by atoms with Gasteiger partial charge in [-0.1, -0.05) is 24.3 Å². The molecule has 32 heavy (non-hydrogen) atoms. The van der Waals surface area contributed by atoms with E-state index < -0.39 is 35.9 Å². The fraction of sp³-hybridized carbons (Fsp3) is 0.304. The number of carbonyl (C=O) groups is 4. The van der Waals surface area contributed by atoms with E-state index in [0.717, 1.165) is 16.0 Å². The molecule has 1 saturated heterocycles. The van der Waals surface area contributed by atoms with Gasteiger partial charge < -0.3 is 20.1 Å². The number of aryl methyl sites for hydroxylation is 2. The first kappa shape index (κ1) is 21.4. The topological polar surface area (TPSA) is 114 Å². The standard InChI is InChI=1S/C23H23N3O6/c1-14-11-16(32-13-20(28)31-2)7-8-18(14)24-19(27)12-26-21(29)23(25-22(26)30)10-9-15-5-3-4-6-17(15)23/h3-8,11H,9-10,12-13H2,1-2H3,(H,24,27)(H,25,30). The van der Waals surface area contributed by atoms with Crippen LogP contribution in [0.5, 0.6) is 5.75 Å². The molecule has 166 valence electrons. The largest absolute Gasteiger partial charge is 0.482 e. The summed E-state index contributed by atoms with van der Waals surface area (Å²) in [5.74, 6) is -0.966. The number of anilines is 1. The number of esters is 1. The summed E-state index contributed by atoms with van der Waals surface area (Å²) >= 11 is 0. The van der Waals surface area contributed by atoms with Crippen LogP contribution in [-0.2, 0) is 31.1 Å². The van der Waals surface area contributed by atoms with Crippen molar-refractivity contribution < 1.29 is 28.7 Å². The summed E-state index contributed by atoms with van der Waals surface area (Å²) in [5.41, 5.74) is 1.92. The van der Waals surface area contributed by atoms with E-state index >= 15 is 0 Å². The third-order valence-corrected chi connectivity index (χ3v) is 5.78.